The van der Waals surface area contributed by atoms with Gasteiger partial charge in [0.1, 0.15) is 0 Å². The van der Waals surface area contributed by atoms with Crippen LogP contribution in [0.1, 0.15) is 23.6 Å². The van der Waals surface area contributed by atoms with E-state index in [1.165, 1.54) is 28.8 Å². The Morgan fingerprint density at radius 3 is 2.67 bits per heavy atom. The lowest BCUT2D eigenvalue weighted by Gasteiger charge is -2.20. The van der Waals surface area contributed by atoms with Crippen molar-refractivity contribution in [1.29, 1.82) is 0 Å². The Bertz CT molecular complexity index is 592. The molecule has 0 aliphatic carbocycles. The highest BCUT2D eigenvalue weighted by Gasteiger charge is 2.19. The highest BCUT2D eigenvalue weighted by molar-refractivity contribution is 5.59. The molecule has 1 atom stereocenters. The van der Waals surface area contributed by atoms with Gasteiger partial charge in [-0.2, -0.15) is 0 Å². The van der Waals surface area contributed by atoms with Crippen molar-refractivity contribution < 1.29 is 0 Å². The molecular weight excluding hydrogens is 256 g/mol. The molecule has 2 aromatic rings. The quantitative estimate of drug-likeness (QED) is 0.903. The van der Waals surface area contributed by atoms with Gasteiger partial charge in [0.05, 0.1) is 0 Å². The minimum atomic E-state index is 0.520. The molecule has 2 heteroatoms. The highest BCUT2D eigenvalue weighted by atomic mass is 15.1. The zero-order valence-corrected chi connectivity index (χ0v) is 13.0. The van der Waals surface area contributed by atoms with Crippen LogP contribution in [0, 0.1) is 0 Å². The van der Waals surface area contributed by atoms with Gasteiger partial charge < -0.3 is 10.2 Å². The largest absolute Gasteiger partial charge is 0.367 e. The molecule has 1 N–H and O–H groups in total. The first-order valence-electron chi connectivity index (χ1n) is 7.84. The second kappa shape index (κ2) is 6.31. The van der Waals surface area contributed by atoms with E-state index in [1.807, 2.05) is 7.05 Å². The van der Waals surface area contributed by atoms with Crippen LogP contribution in [0.2, 0.25) is 0 Å². The number of rotatable bonds is 5. The van der Waals surface area contributed by atoms with Crippen molar-refractivity contribution in [2.24, 2.45) is 0 Å². The average molecular weight is 280 g/mol. The van der Waals surface area contributed by atoms with E-state index in [-0.39, 0.29) is 0 Å². The Kier molecular flexibility index (Phi) is 4.26. The van der Waals surface area contributed by atoms with Gasteiger partial charge in [-0.05, 0) is 49.6 Å². The van der Waals surface area contributed by atoms with E-state index >= 15 is 0 Å². The van der Waals surface area contributed by atoms with Crippen LogP contribution in [0.15, 0.2) is 48.5 Å². The molecule has 0 aromatic heterocycles. The van der Waals surface area contributed by atoms with Crippen molar-refractivity contribution in [1.82, 2.24) is 5.32 Å². The summed E-state index contributed by atoms with van der Waals surface area (Å²) in [6.07, 6.45) is 2.26. The minimum Gasteiger partial charge on any atom is -0.367 e. The molecule has 2 nitrogen and oxygen atoms in total. The van der Waals surface area contributed by atoms with Crippen LogP contribution < -0.4 is 10.2 Å². The van der Waals surface area contributed by atoms with Gasteiger partial charge in [-0.15, -0.1) is 0 Å². The van der Waals surface area contributed by atoms with Gasteiger partial charge in [0.15, 0.2) is 0 Å². The SMILES string of the molecule is CNC(C)Cc1ccc2c(c1)N(Cc1ccccc1)CC2. The van der Waals surface area contributed by atoms with Crippen LogP contribution in [0.25, 0.3) is 0 Å². The zero-order chi connectivity index (χ0) is 14.7. The van der Waals surface area contributed by atoms with E-state index < -0.39 is 0 Å². The second-order valence-electron chi connectivity index (χ2n) is 6.01. The van der Waals surface area contributed by atoms with E-state index in [4.69, 9.17) is 0 Å². The van der Waals surface area contributed by atoms with Gasteiger partial charge in [0, 0.05) is 24.8 Å². The van der Waals surface area contributed by atoms with Gasteiger partial charge in [-0.3, -0.25) is 0 Å². The van der Waals surface area contributed by atoms with Gasteiger partial charge >= 0.3 is 0 Å². The maximum Gasteiger partial charge on any atom is 0.0429 e. The summed E-state index contributed by atoms with van der Waals surface area (Å²) in [5.74, 6) is 0. The number of likely N-dealkylation sites (N-methyl/N-ethyl adjacent to an activating group) is 1. The Morgan fingerprint density at radius 2 is 1.90 bits per heavy atom. The van der Waals surface area contributed by atoms with Gasteiger partial charge in [-0.25, -0.2) is 0 Å². The normalized spacial score (nSPS) is 15.0. The standard InChI is InChI=1S/C19H24N2/c1-15(20-2)12-17-8-9-18-10-11-21(19(18)13-17)14-16-6-4-3-5-7-16/h3-9,13,15,20H,10-12,14H2,1-2H3. The van der Waals surface area contributed by atoms with E-state index in [0.717, 1.165) is 19.5 Å². The van der Waals surface area contributed by atoms with Crippen molar-refractivity contribution in [2.45, 2.75) is 32.4 Å². The fourth-order valence-electron chi connectivity index (χ4n) is 3.04. The molecule has 21 heavy (non-hydrogen) atoms. The van der Waals surface area contributed by atoms with E-state index in [1.54, 1.807) is 0 Å². The maximum atomic E-state index is 3.32. The molecule has 1 aliphatic rings. The summed E-state index contributed by atoms with van der Waals surface area (Å²) in [7, 11) is 2.03. The van der Waals surface area contributed by atoms with Crippen molar-refractivity contribution in [2.75, 3.05) is 18.5 Å². The fourth-order valence-corrected chi connectivity index (χ4v) is 3.04. The molecule has 1 aliphatic heterocycles. The molecule has 0 fully saturated rings. The smallest absolute Gasteiger partial charge is 0.0429 e. The van der Waals surface area contributed by atoms with Gasteiger partial charge in [0.25, 0.3) is 0 Å². The molecule has 1 heterocycles. The molecule has 0 amide bonds. The highest BCUT2D eigenvalue weighted by Crippen LogP contribution is 2.30. The summed E-state index contributed by atoms with van der Waals surface area (Å²) >= 11 is 0. The summed E-state index contributed by atoms with van der Waals surface area (Å²) in [5.41, 5.74) is 5.74. The summed E-state index contributed by atoms with van der Waals surface area (Å²) in [4.78, 5) is 2.51. The van der Waals surface area contributed by atoms with Crippen LogP contribution >= 0.6 is 0 Å². The Hall–Kier alpha value is -1.80. The molecule has 3 rings (SSSR count). The van der Waals surface area contributed by atoms with E-state index in [9.17, 15) is 0 Å². The fraction of sp³-hybridized carbons (Fsp3) is 0.368. The lowest BCUT2D eigenvalue weighted by Crippen LogP contribution is -2.24. The van der Waals surface area contributed by atoms with Crippen LogP contribution in [-0.2, 0) is 19.4 Å². The monoisotopic (exact) mass is 280 g/mol. The molecule has 2 aromatic carbocycles. The summed E-state index contributed by atoms with van der Waals surface area (Å²) < 4.78 is 0. The van der Waals surface area contributed by atoms with E-state index in [2.05, 4.69) is 65.7 Å². The lowest BCUT2D eigenvalue weighted by molar-refractivity contribution is 0.608. The second-order valence-corrected chi connectivity index (χ2v) is 6.01. The van der Waals surface area contributed by atoms with Crippen molar-refractivity contribution in [3.63, 3.8) is 0 Å². The summed E-state index contributed by atoms with van der Waals surface area (Å²) in [6, 6.07) is 18.3. The maximum absolute atomic E-state index is 3.32. The first-order chi connectivity index (χ1) is 10.3. The van der Waals surface area contributed by atoms with Crippen molar-refractivity contribution in [3.8, 4) is 0 Å². The lowest BCUT2D eigenvalue weighted by atomic mass is 10.0. The van der Waals surface area contributed by atoms with Gasteiger partial charge in [-0.1, -0.05) is 42.5 Å². The molecule has 0 saturated carbocycles. The number of benzene rings is 2. The molecule has 110 valence electrons. The van der Waals surface area contributed by atoms with Crippen LogP contribution in [0.3, 0.4) is 0 Å². The molecule has 1 unspecified atom stereocenters. The van der Waals surface area contributed by atoms with Crippen LogP contribution in [-0.4, -0.2) is 19.6 Å². The molecular formula is C19H24N2. The number of anilines is 1. The predicted octanol–water partition coefficient (Wildman–Crippen LogP) is 3.40. The van der Waals surface area contributed by atoms with Crippen molar-refractivity contribution in [3.05, 3.63) is 65.2 Å². The topological polar surface area (TPSA) is 15.3 Å². The molecule has 0 spiro atoms. The van der Waals surface area contributed by atoms with Crippen molar-refractivity contribution >= 4 is 5.69 Å². The third kappa shape index (κ3) is 3.27. The third-order valence-electron chi connectivity index (χ3n) is 4.39. The zero-order valence-electron chi connectivity index (χ0n) is 13.0. The van der Waals surface area contributed by atoms with Crippen LogP contribution in [0.4, 0.5) is 5.69 Å². The third-order valence-corrected chi connectivity index (χ3v) is 4.39. The molecule has 0 saturated heterocycles. The summed E-state index contributed by atoms with van der Waals surface area (Å²) in [5, 5.41) is 3.32. The number of nitrogens with zero attached hydrogens (tertiary/aromatic N) is 1. The summed E-state index contributed by atoms with van der Waals surface area (Å²) in [6.45, 7) is 4.38. The first kappa shape index (κ1) is 14.2. The number of fused-ring (bicyclic) bond motifs is 1. The number of hydrogen-bond acceptors (Lipinski definition) is 2. The predicted molar refractivity (Wildman–Crippen MR) is 89.9 cm³/mol. The number of nitrogens with one attached hydrogen (secondary N) is 1. The molecule has 0 radical (unpaired) electrons. The Morgan fingerprint density at radius 1 is 1.10 bits per heavy atom. The Balaban J connectivity index is 1.78. The Labute approximate surface area is 127 Å². The van der Waals surface area contributed by atoms with Gasteiger partial charge in [0.2, 0.25) is 0 Å². The molecule has 0 bridgehead atoms. The first-order valence-corrected chi connectivity index (χ1v) is 7.84. The minimum absolute atomic E-state index is 0.520. The van der Waals surface area contributed by atoms with E-state index in [0.29, 0.717) is 6.04 Å². The van der Waals surface area contributed by atoms with Crippen LogP contribution in [0.5, 0.6) is 0 Å². The average Bonchev–Trinajstić information content (AvgIpc) is 2.91. The number of hydrogen-bond donors (Lipinski definition) is 1.